The Morgan fingerprint density at radius 1 is 1.77 bits per heavy atom. The van der Waals surface area contributed by atoms with Crippen molar-refractivity contribution in [3.8, 4) is 0 Å². The molecule has 1 rings (SSSR count). The Labute approximate surface area is 78.3 Å². The van der Waals surface area contributed by atoms with Crippen molar-refractivity contribution in [1.82, 2.24) is 5.32 Å². The molecule has 1 amide bonds. The van der Waals surface area contributed by atoms with Crippen molar-refractivity contribution >= 4 is 5.91 Å². The summed E-state index contributed by atoms with van der Waals surface area (Å²) in [5.41, 5.74) is -0.677. The maximum Gasteiger partial charge on any atom is 0.252 e. The number of rotatable bonds is 3. The summed E-state index contributed by atoms with van der Waals surface area (Å²) in [6.45, 7) is 4.16. The predicted molar refractivity (Wildman–Crippen MR) is 48.3 cm³/mol. The van der Waals surface area contributed by atoms with E-state index in [9.17, 15) is 4.79 Å². The van der Waals surface area contributed by atoms with Gasteiger partial charge in [-0.15, -0.1) is 0 Å². The fraction of sp³-hybridized carbons (Fsp3) is 0.889. The molecular formula is C9H17NO3. The average Bonchev–Trinajstić information content (AvgIpc) is 2.53. The number of hydrogen-bond acceptors (Lipinski definition) is 3. The minimum atomic E-state index is -0.677. The molecule has 0 saturated carbocycles. The molecule has 0 radical (unpaired) electrons. The van der Waals surface area contributed by atoms with Gasteiger partial charge < -0.3 is 15.2 Å². The average molecular weight is 187 g/mol. The summed E-state index contributed by atoms with van der Waals surface area (Å²) in [6, 6.07) is -0.200. The summed E-state index contributed by atoms with van der Waals surface area (Å²) < 4.78 is 5.35. The first-order chi connectivity index (χ1) is 6.08. The third kappa shape index (κ3) is 2.42. The van der Waals surface area contributed by atoms with Crippen molar-refractivity contribution in [3.05, 3.63) is 0 Å². The number of aliphatic hydroxyl groups is 1. The molecule has 4 heteroatoms. The topological polar surface area (TPSA) is 58.6 Å². The maximum atomic E-state index is 11.6. The van der Waals surface area contributed by atoms with E-state index < -0.39 is 5.60 Å². The molecule has 1 fully saturated rings. The van der Waals surface area contributed by atoms with Gasteiger partial charge in [0, 0.05) is 12.6 Å². The van der Waals surface area contributed by atoms with Crippen LogP contribution in [0.25, 0.3) is 0 Å². The lowest BCUT2D eigenvalue weighted by atomic mass is 10.0. The summed E-state index contributed by atoms with van der Waals surface area (Å²) >= 11 is 0. The van der Waals surface area contributed by atoms with E-state index >= 15 is 0 Å². The third-order valence-corrected chi connectivity index (χ3v) is 2.35. The second-order valence-corrected chi connectivity index (χ2v) is 3.74. The van der Waals surface area contributed by atoms with Crippen molar-refractivity contribution in [2.45, 2.75) is 38.3 Å². The third-order valence-electron chi connectivity index (χ3n) is 2.35. The molecule has 0 aromatic carbocycles. The van der Waals surface area contributed by atoms with Gasteiger partial charge in [-0.25, -0.2) is 0 Å². The highest BCUT2D eigenvalue weighted by atomic mass is 16.5. The predicted octanol–water partition coefficient (Wildman–Crippen LogP) is 0.0525. The second-order valence-electron chi connectivity index (χ2n) is 3.74. The molecule has 1 aliphatic heterocycles. The van der Waals surface area contributed by atoms with Gasteiger partial charge >= 0.3 is 0 Å². The molecule has 1 saturated heterocycles. The van der Waals surface area contributed by atoms with E-state index in [0.29, 0.717) is 6.61 Å². The van der Waals surface area contributed by atoms with Gasteiger partial charge in [0.15, 0.2) is 0 Å². The molecule has 0 aromatic rings. The zero-order valence-electron chi connectivity index (χ0n) is 8.17. The molecule has 0 aliphatic carbocycles. The summed E-state index contributed by atoms with van der Waals surface area (Å²) in [6.07, 6.45) is 1.69. The number of carbonyl (C=O) groups excluding carboxylic acids is 1. The number of hydrogen-bond donors (Lipinski definition) is 2. The number of carbonyl (C=O) groups is 1. The molecule has 2 N–H and O–H groups in total. The summed E-state index contributed by atoms with van der Waals surface area (Å²) in [7, 11) is 0. The smallest absolute Gasteiger partial charge is 0.252 e. The summed E-state index contributed by atoms with van der Waals surface area (Å²) in [5, 5.41) is 11.5. The van der Waals surface area contributed by atoms with Crippen LogP contribution in [0, 0.1) is 0 Å². The van der Waals surface area contributed by atoms with Crippen molar-refractivity contribution in [2.24, 2.45) is 0 Å². The first-order valence-corrected chi connectivity index (χ1v) is 4.64. The van der Waals surface area contributed by atoms with E-state index in [1.807, 2.05) is 0 Å². The molecule has 0 bridgehead atoms. The lowest BCUT2D eigenvalue weighted by Gasteiger charge is -2.23. The van der Waals surface area contributed by atoms with Gasteiger partial charge in [-0.05, 0) is 26.7 Å². The van der Waals surface area contributed by atoms with Crippen molar-refractivity contribution < 1.29 is 14.6 Å². The Kier molecular flexibility index (Phi) is 3.27. The van der Waals surface area contributed by atoms with Crippen LogP contribution < -0.4 is 5.32 Å². The van der Waals surface area contributed by atoms with Crippen LogP contribution in [0.5, 0.6) is 0 Å². The van der Waals surface area contributed by atoms with Crippen LogP contribution in [0.1, 0.15) is 26.7 Å². The van der Waals surface area contributed by atoms with E-state index in [1.165, 1.54) is 0 Å². The van der Waals surface area contributed by atoms with Crippen molar-refractivity contribution in [1.29, 1.82) is 0 Å². The quantitative estimate of drug-likeness (QED) is 0.656. The highest BCUT2D eigenvalue weighted by Crippen LogP contribution is 2.24. The first kappa shape index (κ1) is 10.5. The van der Waals surface area contributed by atoms with Crippen LogP contribution in [-0.2, 0) is 9.53 Å². The zero-order chi connectivity index (χ0) is 9.90. The van der Waals surface area contributed by atoms with Gasteiger partial charge in [0.2, 0.25) is 0 Å². The number of aliphatic hydroxyl groups excluding tert-OH is 1. The van der Waals surface area contributed by atoms with Crippen LogP contribution in [0.3, 0.4) is 0 Å². The van der Waals surface area contributed by atoms with E-state index in [2.05, 4.69) is 5.32 Å². The zero-order valence-corrected chi connectivity index (χ0v) is 8.17. The van der Waals surface area contributed by atoms with E-state index in [-0.39, 0.29) is 18.6 Å². The van der Waals surface area contributed by atoms with Crippen LogP contribution in [0.4, 0.5) is 0 Å². The van der Waals surface area contributed by atoms with Crippen LogP contribution in [-0.4, -0.2) is 35.9 Å². The Bertz CT molecular complexity index is 187. The normalized spacial score (nSPS) is 30.1. The Morgan fingerprint density at radius 3 is 2.92 bits per heavy atom. The van der Waals surface area contributed by atoms with Gasteiger partial charge in [-0.2, -0.15) is 0 Å². The Balaban J connectivity index is 2.46. The van der Waals surface area contributed by atoms with Gasteiger partial charge in [0.25, 0.3) is 5.91 Å². The standard InChI is InChI=1S/C9H17NO3/c1-7(6-11)10-8(12)9(2)4-3-5-13-9/h7,11H,3-6H2,1-2H3,(H,10,12)/t7-,9?/m0/s1. The molecule has 0 spiro atoms. The first-order valence-electron chi connectivity index (χ1n) is 4.64. The van der Waals surface area contributed by atoms with Crippen molar-refractivity contribution in [2.75, 3.05) is 13.2 Å². The van der Waals surface area contributed by atoms with E-state index in [1.54, 1.807) is 13.8 Å². The SMILES string of the molecule is C[C@@H](CO)NC(=O)C1(C)CCCO1. The summed E-state index contributed by atoms with van der Waals surface area (Å²) in [5.74, 6) is -0.119. The van der Waals surface area contributed by atoms with Gasteiger partial charge in [0.05, 0.1) is 6.61 Å². The molecule has 1 aliphatic rings. The van der Waals surface area contributed by atoms with Gasteiger partial charge in [-0.3, -0.25) is 4.79 Å². The van der Waals surface area contributed by atoms with Crippen LogP contribution >= 0.6 is 0 Å². The molecule has 76 valence electrons. The maximum absolute atomic E-state index is 11.6. The molecular weight excluding hydrogens is 170 g/mol. The van der Waals surface area contributed by atoms with Gasteiger partial charge in [-0.1, -0.05) is 0 Å². The minimum absolute atomic E-state index is 0.0399. The second kappa shape index (κ2) is 4.07. The molecule has 0 aromatic heterocycles. The molecule has 1 unspecified atom stereocenters. The Morgan fingerprint density at radius 2 is 2.46 bits per heavy atom. The number of nitrogens with one attached hydrogen (secondary N) is 1. The fourth-order valence-corrected chi connectivity index (χ4v) is 1.38. The monoisotopic (exact) mass is 187 g/mol. The highest BCUT2D eigenvalue weighted by Gasteiger charge is 2.37. The lowest BCUT2D eigenvalue weighted by Crippen LogP contribution is -2.48. The number of ether oxygens (including phenoxy) is 1. The highest BCUT2D eigenvalue weighted by molar-refractivity contribution is 5.85. The molecule has 4 nitrogen and oxygen atoms in total. The fourth-order valence-electron chi connectivity index (χ4n) is 1.38. The van der Waals surface area contributed by atoms with Crippen LogP contribution in [0.2, 0.25) is 0 Å². The summed E-state index contributed by atoms with van der Waals surface area (Å²) in [4.78, 5) is 11.6. The van der Waals surface area contributed by atoms with Crippen LogP contribution in [0.15, 0.2) is 0 Å². The van der Waals surface area contributed by atoms with Crippen molar-refractivity contribution in [3.63, 3.8) is 0 Å². The Hall–Kier alpha value is -0.610. The molecule has 2 atom stereocenters. The lowest BCUT2D eigenvalue weighted by molar-refractivity contribution is -0.140. The molecule has 13 heavy (non-hydrogen) atoms. The number of amides is 1. The van der Waals surface area contributed by atoms with Gasteiger partial charge in [0.1, 0.15) is 5.60 Å². The molecule has 1 heterocycles. The van der Waals surface area contributed by atoms with E-state index in [4.69, 9.17) is 9.84 Å². The largest absolute Gasteiger partial charge is 0.394 e. The van der Waals surface area contributed by atoms with E-state index in [0.717, 1.165) is 12.8 Å². The minimum Gasteiger partial charge on any atom is -0.394 e.